The number of ether oxygens (including phenoxy) is 2. The number of rotatable bonds is 2. The normalized spacial score (nSPS) is 26.0. The van der Waals surface area contributed by atoms with Gasteiger partial charge in [0, 0.05) is 32.0 Å². The molecule has 2 N–H and O–H groups in total. The molecule has 2 aromatic rings. The molecule has 2 bridgehead atoms. The summed E-state index contributed by atoms with van der Waals surface area (Å²) in [6.07, 6.45) is 1.78. The Balaban J connectivity index is 1.50. The zero-order valence-corrected chi connectivity index (χ0v) is 18.8. The molecule has 0 amide bonds. The second kappa shape index (κ2) is 8.44. The monoisotopic (exact) mass is 489 g/mol. The summed E-state index contributed by atoms with van der Waals surface area (Å²) in [5, 5.41) is 10.9. The standard InChI is InChI=1S/C19H23Cl2F2N7O2/c1-10-2-5-32-17-14(26-18-24-6-12(20)16(25-10)27-18)15(21)30(28-17)13-7-29(11-8-31-9-11)4-3-19(13,22)23/h6,10-11,13H,2-5,7-9H2,1H3,(H2,24,25,26,27)/t10-,13?/m1/s1. The van der Waals surface area contributed by atoms with Crippen LogP contribution in [-0.2, 0) is 4.74 Å². The van der Waals surface area contributed by atoms with E-state index in [2.05, 4.69) is 25.7 Å². The fraction of sp³-hybridized carbons (Fsp3) is 0.632. The number of halogens is 4. The Morgan fingerprint density at radius 1 is 1.28 bits per heavy atom. The first kappa shape index (κ1) is 21.9. The fourth-order valence-electron chi connectivity index (χ4n) is 4.01. The summed E-state index contributed by atoms with van der Waals surface area (Å²) in [7, 11) is 0. The van der Waals surface area contributed by atoms with E-state index in [1.807, 2.05) is 11.8 Å². The molecule has 174 valence electrons. The Kier molecular flexibility index (Phi) is 5.77. The predicted octanol–water partition coefficient (Wildman–Crippen LogP) is 3.59. The molecule has 3 aliphatic heterocycles. The number of fused-ring (bicyclic) bond motifs is 3. The van der Waals surface area contributed by atoms with Crippen LogP contribution in [0.15, 0.2) is 6.20 Å². The van der Waals surface area contributed by atoms with E-state index >= 15 is 0 Å². The van der Waals surface area contributed by atoms with E-state index in [1.54, 1.807) is 0 Å². The first-order valence-corrected chi connectivity index (χ1v) is 11.2. The maximum Gasteiger partial charge on any atom is 0.272 e. The van der Waals surface area contributed by atoms with E-state index in [0.29, 0.717) is 43.6 Å². The Hall–Kier alpha value is -1.95. The average molecular weight is 490 g/mol. The van der Waals surface area contributed by atoms with Crippen molar-refractivity contribution in [2.24, 2.45) is 0 Å². The molecule has 32 heavy (non-hydrogen) atoms. The molecular weight excluding hydrogens is 467 g/mol. The molecule has 13 heteroatoms. The van der Waals surface area contributed by atoms with Crippen molar-refractivity contribution in [1.29, 1.82) is 0 Å². The van der Waals surface area contributed by atoms with Gasteiger partial charge in [-0.3, -0.25) is 4.90 Å². The number of hydrogen-bond donors (Lipinski definition) is 2. The van der Waals surface area contributed by atoms with Crippen LogP contribution in [0, 0.1) is 0 Å². The SMILES string of the molecule is C[C@@H]1CCOc2nn(C3CN(C4COC4)CCC3(F)F)c(Cl)c2Nc2ncc(Cl)c(n2)N1. The Bertz CT molecular complexity index is 1000. The van der Waals surface area contributed by atoms with Gasteiger partial charge in [-0.1, -0.05) is 23.2 Å². The largest absolute Gasteiger partial charge is 0.475 e. The van der Waals surface area contributed by atoms with Crippen molar-refractivity contribution >= 4 is 40.7 Å². The molecule has 2 atom stereocenters. The van der Waals surface area contributed by atoms with Gasteiger partial charge < -0.3 is 20.1 Å². The van der Waals surface area contributed by atoms with Crippen LogP contribution in [-0.4, -0.2) is 75.6 Å². The number of aromatic nitrogens is 4. The van der Waals surface area contributed by atoms with Crippen LogP contribution in [0.4, 0.5) is 26.2 Å². The maximum absolute atomic E-state index is 15.0. The van der Waals surface area contributed by atoms with Crippen molar-refractivity contribution < 1.29 is 18.3 Å². The van der Waals surface area contributed by atoms with Gasteiger partial charge in [-0.2, -0.15) is 4.98 Å². The lowest BCUT2D eigenvalue weighted by molar-refractivity contribution is -0.140. The summed E-state index contributed by atoms with van der Waals surface area (Å²) in [5.74, 6) is -2.19. The van der Waals surface area contributed by atoms with Crippen molar-refractivity contribution in [1.82, 2.24) is 24.6 Å². The molecule has 5 rings (SSSR count). The highest BCUT2D eigenvalue weighted by molar-refractivity contribution is 6.33. The van der Waals surface area contributed by atoms with Crippen LogP contribution in [0.2, 0.25) is 10.2 Å². The van der Waals surface area contributed by atoms with Gasteiger partial charge in [-0.15, -0.1) is 5.10 Å². The van der Waals surface area contributed by atoms with E-state index in [1.165, 1.54) is 6.20 Å². The number of alkyl halides is 2. The molecule has 9 nitrogen and oxygen atoms in total. The zero-order chi connectivity index (χ0) is 22.5. The van der Waals surface area contributed by atoms with Crippen molar-refractivity contribution in [2.75, 3.05) is 43.5 Å². The van der Waals surface area contributed by atoms with Crippen molar-refractivity contribution in [3.05, 3.63) is 16.4 Å². The number of anilines is 3. The lowest BCUT2D eigenvalue weighted by atomic mass is 9.99. The van der Waals surface area contributed by atoms with E-state index < -0.39 is 12.0 Å². The van der Waals surface area contributed by atoms with Crippen molar-refractivity contribution in [3.8, 4) is 5.88 Å². The van der Waals surface area contributed by atoms with Crippen LogP contribution in [0.5, 0.6) is 5.88 Å². The summed E-state index contributed by atoms with van der Waals surface area (Å²) in [5.41, 5.74) is 0.245. The molecule has 0 spiro atoms. The zero-order valence-electron chi connectivity index (χ0n) is 17.3. The Labute approximate surface area is 193 Å². The van der Waals surface area contributed by atoms with E-state index in [-0.39, 0.29) is 47.7 Å². The number of nitrogens with one attached hydrogen (secondary N) is 2. The smallest absolute Gasteiger partial charge is 0.272 e. The minimum Gasteiger partial charge on any atom is -0.475 e. The van der Waals surface area contributed by atoms with Gasteiger partial charge in [0.25, 0.3) is 11.8 Å². The van der Waals surface area contributed by atoms with Gasteiger partial charge in [0.2, 0.25) is 5.95 Å². The van der Waals surface area contributed by atoms with Gasteiger partial charge in [0.05, 0.1) is 32.1 Å². The first-order chi connectivity index (χ1) is 15.3. The molecule has 0 saturated carbocycles. The molecule has 5 heterocycles. The molecular formula is C19H23Cl2F2N7O2. The van der Waals surface area contributed by atoms with Crippen molar-refractivity contribution in [3.63, 3.8) is 0 Å². The van der Waals surface area contributed by atoms with Gasteiger partial charge in [0.1, 0.15) is 16.8 Å². The molecule has 2 fully saturated rings. The summed E-state index contributed by atoms with van der Waals surface area (Å²) in [4.78, 5) is 10.6. The second-order valence-electron chi connectivity index (χ2n) is 8.33. The molecule has 1 unspecified atom stereocenters. The highest BCUT2D eigenvalue weighted by Gasteiger charge is 2.49. The third kappa shape index (κ3) is 4.07. The number of hydrogen-bond acceptors (Lipinski definition) is 8. The van der Waals surface area contributed by atoms with Gasteiger partial charge in [-0.05, 0) is 6.92 Å². The molecule has 0 aliphatic carbocycles. The van der Waals surface area contributed by atoms with Crippen LogP contribution >= 0.6 is 23.2 Å². The third-order valence-electron chi connectivity index (χ3n) is 6.03. The summed E-state index contributed by atoms with van der Waals surface area (Å²) in [6, 6.07) is -1.10. The summed E-state index contributed by atoms with van der Waals surface area (Å²) in [6.45, 7) is 3.77. The second-order valence-corrected chi connectivity index (χ2v) is 9.09. The van der Waals surface area contributed by atoms with Crippen molar-refractivity contribution in [2.45, 2.75) is 43.8 Å². The molecule has 3 aliphatic rings. The number of likely N-dealkylation sites (tertiary alicyclic amines) is 1. The molecule has 2 aromatic heterocycles. The van der Waals surface area contributed by atoms with Gasteiger partial charge in [0.15, 0.2) is 11.0 Å². The van der Waals surface area contributed by atoms with Crippen LogP contribution in [0.3, 0.4) is 0 Å². The average Bonchev–Trinajstić information content (AvgIpc) is 2.98. The van der Waals surface area contributed by atoms with Crippen LogP contribution in [0.1, 0.15) is 25.8 Å². The molecule has 0 radical (unpaired) electrons. The molecule has 2 saturated heterocycles. The Morgan fingerprint density at radius 3 is 2.84 bits per heavy atom. The van der Waals surface area contributed by atoms with E-state index in [4.69, 9.17) is 32.7 Å². The van der Waals surface area contributed by atoms with E-state index in [9.17, 15) is 8.78 Å². The van der Waals surface area contributed by atoms with E-state index in [0.717, 1.165) is 4.68 Å². The fourth-order valence-corrected chi connectivity index (χ4v) is 4.44. The summed E-state index contributed by atoms with van der Waals surface area (Å²) >= 11 is 12.8. The van der Waals surface area contributed by atoms with Crippen LogP contribution < -0.4 is 15.4 Å². The first-order valence-electron chi connectivity index (χ1n) is 10.5. The number of piperidine rings is 1. The minimum atomic E-state index is -2.97. The third-order valence-corrected chi connectivity index (χ3v) is 6.67. The molecule has 0 aromatic carbocycles. The lowest BCUT2D eigenvalue weighted by Gasteiger charge is -2.44. The highest BCUT2D eigenvalue weighted by Crippen LogP contribution is 2.43. The predicted molar refractivity (Wildman–Crippen MR) is 116 cm³/mol. The quantitative estimate of drug-likeness (QED) is 0.661. The summed E-state index contributed by atoms with van der Waals surface area (Å²) < 4.78 is 42.2. The lowest BCUT2D eigenvalue weighted by Crippen LogP contribution is -2.57. The number of nitrogens with zero attached hydrogens (tertiary/aromatic N) is 5. The highest BCUT2D eigenvalue weighted by atomic mass is 35.5. The van der Waals surface area contributed by atoms with Gasteiger partial charge in [-0.25, -0.2) is 18.4 Å². The Morgan fingerprint density at radius 2 is 2.09 bits per heavy atom. The topological polar surface area (TPSA) is 89.4 Å². The van der Waals surface area contributed by atoms with Crippen LogP contribution in [0.25, 0.3) is 0 Å². The maximum atomic E-state index is 15.0. The van der Waals surface area contributed by atoms with Gasteiger partial charge >= 0.3 is 0 Å². The minimum absolute atomic E-state index is 0.00436.